The fourth-order valence-electron chi connectivity index (χ4n) is 2.37. The second-order valence-corrected chi connectivity index (χ2v) is 4.26. The van der Waals surface area contributed by atoms with Crippen LogP contribution >= 0.6 is 0 Å². The predicted molar refractivity (Wildman–Crippen MR) is 58.9 cm³/mol. The van der Waals surface area contributed by atoms with Crippen LogP contribution in [0.4, 0.5) is 4.79 Å². The number of fused-ring (bicyclic) bond motifs is 1. The fourth-order valence-corrected chi connectivity index (χ4v) is 2.37. The van der Waals surface area contributed by atoms with E-state index in [0.29, 0.717) is 6.54 Å². The first-order chi connectivity index (χ1) is 7.84. The van der Waals surface area contributed by atoms with E-state index in [1.165, 1.54) is 0 Å². The highest BCUT2D eigenvalue weighted by Crippen LogP contribution is 2.24. The molecule has 1 amide bonds. The van der Waals surface area contributed by atoms with Crippen LogP contribution in [-0.4, -0.2) is 36.2 Å². The van der Waals surface area contributed by atoms with Crippen LogP contribution in [-0.2, 0) is 11.3 Å². The monoisotopic (exact) mass is 218 g/mol. The molecule has 4 nitrogen and oxygen atoms in total. The van der Waals surface area contributed by atoms with Gasteiger partial charge in [0.1, 0.15) is 6.10 Å². The minimum absolute atomic E-state index is 0.0382. The molecule has 0 aliphatic carbocycles. The third-order valence-electron chi connectivity index (χ3n) is 3.21. The fraction of sp³-hybridized carbons (Fsp3) is 0.417. The van der Waals surface area contributed by atoms with Crippen molar-refractivity contribution < 1.29 is 9.53 Å². The van der Waals surface area contributed by atoms with Gasteiger partial charge in [0.25, 0.3) is 0 Å². The smallest absolute Gasteiger partial charge is 0.410 e. The Morgan fingerprint density at radius 1 is 1.31 bits per heavy atom. The van der Waals surface area contributed by atoms with E-state index < -0.39 is 0 Å². The van der Waals surface area contributed by atoms with E-state index in [0.717, 1.165) is 18.7 Å². The zero-order valence-corrected chi connectivity index (χ0v) is 8.93. The van der Waals surface area contributed by atoms with Crippen LogP contribution in [0.3, 0.4) is 0 Å². The Kier molecular flexibility index (Phi) is 2.29. The van der Waals surface area contributed by atoms with Crippen molar-refractivity contribution in [1.82, 2.24) is 10.2 Å². The molecule has 2 atom stereocenters. The molecule has 0 aromatic heterocycles. The Bertz CT molecular complexity index is 393. The standard InChI is InChI=1S/C12H14N2O2/c15-12-14(8-9-4-2-1-3-5-9)10-6-13-7-11(10)16-12/h1-5,10-11,13H,6-8H2/t10-,11-/m1/s1. The zero-order chi connectivity index (χ0) is 11.0. The lowest BCUT2D eigenvalue weighted by molar-refractivity contribution is 0.133. The molecule has 1 N–H and O–H groups in total. The molecule has 16 heavy (non-hydrogen) atoms. The maximum absolute atomic E-state index is 11.7. The van der Waals surface area contributed by atoms with Crippen molar-refractivity contribution in [1.29, 1.82) is 0 Å². The summed E-state index contributed by atoms with van der Waals surface area (Å²) < 4.78 is 5.29. The third-order valence-corrected chi connectivity index (χ3v) is 3.21. The Balaban J connectivity index is 1.77. The van der Waals surface area contributed by atoms with Crippen molar-refractivity contribution in [2.45, 2.75) is 18.7 Å². The summed E-state index contributed by atoms with van der Waals surface area (Å²) in [7, 11) is 0. The summed E-state index contributed by atoms with van der Waals surface area (Å²) in [6.45, 7) is 2.26. The van der Waals surface area contributed by atoms with Crippen molar-refractivity contribution in [3.05, 3.63) is 35.9 Å². The van der Waals surface area contributed by atoms with Crippen LogP contribution in [0.25, 0.3) is 0 Å². The summed E-state index contributed by atoms with van der Waals surface area (Å²) in [5, 5.41) is 3.24. The van der Waals surface area contributed by atoms with Gasteiger partial charge in [-0.05, 0) is 5.56 Å². The van der Waals surface area contributed by atoms with Crippen molar-refractivity contribution in [2.24, 2.45) is 0 Å². The molecule has 0 bridgehead atoms. The number of carbonyl (C=O) groups excluding carboxylic acids is 1. The van der Waals surface area contributed by atoms with Crippen molar-refractivity contribution in [3.8, 4) is 0 Å². The van der Waals surface area contributed by atoms with Crippen LogP contribution in [0, 0.1) is 0 Å². The molecule has 2 heterocycles. The minimum atomic E-state index is -0.180. The quantitative estimate of drug-likeness (QED) is 0.804. The van der Waals surface area contributed by atoms with Gasteiger partial charge in [0.2, 0.25) is 0 Å². The van der Waals surface area contributed by atoms with E-state index in [9.17, 15) is 4.79 Å². The summed E-state index contributed by atoms with van der Waals surface area (Å²) >= 11 is 0. The van der Waals surface area contributed by atoms with E-state index in [1.807, 2.05) is 35.2 Å². The molecule has 1 aromatic carbocycles. The van der Waals surface area contributed by atoms with Crippen LogP contribution in [0.5, 0.6) is 0 Å². The largest absolute Gasteiger partial charge is 0.442 e. The molecule has 0 saturated carbocycles. The van der Waals surface area contributed by atoms with Gasteiger partial charge in [-0.15, -0.1) is 0 Å². The van der Waals surface area contributed by atoms with Gasteiger partial charge in [0.05, 0.1) is 6.04 Å². The Labute approximate surface area is 94.2 Å². The highest BCUT2D eigenvalue weighted by Gasteiger charge is 2.44. The molecule has 0 unspecified atom stereocenters. The van der Waals surface area contributed by atoms with Gasteiger partial charge in [-0.25, -0.2) is 4.79 Å². The lowest BCUT2D eigenvalue weighted by Crippen LogP contribution is -2.36. The number of nitrogens with zero attached hydrogens (tertiary/aromatic N) is 1. The topological polar surface area (TPSA) is 41.6 Å². The lowest BCUT2D eigenvalue weighted by atomic mass is 10.1. The summed E-state index contributed by atoms with van der Waals surface area (Å²) in [5.74, 6) is 0. The minimum Gasteiger partial charge on any atom is -0.442 e. The van der Waals surface area contributed by atoms with Gasteiger partial charge in [-0.1, -0.05) is 30.3 Å². The lowest BCUT2D eigenvalue weighted by Gasteiger charge is -2.19. The van der Waals surface area contributed by atoms with E-state index >= 15 is 0 Å². The molecular weight excluding hydrogens is 204 g/mol. The highest BCUT2D eigenvalue weighted by atomic mass is 16.6. The maximum atomic E-state index is 11.7. The van der Waals surface area contributed by atoms with Crippen molar-refractivity contribution in [2.75, 3.05) is 13.1 Å². The molecule has 84 valence electrons. The number of hydrogen-bond acceptors (Lipinski definition) is 3. The second-order valence-electron chi connectivity index (χ2n) is 4.26. The average molecular weight is 218 g/mol. The van der Waals surface area contributed by atoms with Crippen LogP contribution in [0.2, 0.25) is 0 Å². The number of ether oxygens (including phenoxy) is 1. The van der Waals surface area contributed by atoms with E-state index in [1.54, 1.807) is 0 Å². The van der Waals surface area contributed by atoms with E-state index in [4.69, 9.17) is 4.74 Å². The first kappa shape index (κ1) is 9.66. The number of amides is 1. The van der Waals surface area contributed by atoms with Crippen LogP contribution < -0.4 is 5.32 Å². The highest BCUT2D eigenvalue weighted by molar-refractivity contribution is 5.71. The number of benzene rings is 1. The molecule has 2 aliphatic heterocycles. The van der Waals surface area contributed by atoms with Gasteiger partial charge in [-0.2, -0.15) is 0 Å². The second kappa shape index (κ2) is 3.79. The number of carbonyl (C=O) groups is 1. The average Bonchev–Trinajstić information content (AvgIpc) is 2.84. The number of nitrogens with one attached hydrogen (secondary N) is 1. The molecule has 2 saturated heterocycles. The van der Waals surface area contributed by atoms with Crippen LogP contribution in [0.1, 0.15) is 5.56 Å². The molecule has 2 fully saturated rings. The normalized spacial score (nSPS) is 28.0. The SMILES string of the molecule is O=C1O[C@@H]2CNC[C@H]2N1Cc1ccccc1. The summed E-state index contributed by atoms with van der Waals surface area (Å²) in [5.41, 5.74) is 1.15. The van der Waals surface area contributed by atoms with Crippen molar-refractivity contribution in [3.63, 3.8) is 0 Å². The Morgan fingerprint density at radius 3 is 2.94 bits per heavy atom. The van der Waals surface area contributed by atoms with E-state index in [-0.39, 0.29) is 18.2 Å². The van der Waals surface area contributed by atoms with Gasteiger partial charge >= 0.3 is 6.09 Å². The van der Waals surface area contributed by atoms with Gasteiger partial charge in [0.15, 0.2) is 0 Å². The molecule has 4 heteroatoms. The molecule has 3 rings (SSSR count). The molecule has 2 aliphatic rings. The van der Waals surface area contributed by atoms with Gasteiger partial charge < -0.3 is 10.1 Å². The number of rotatable bonds is 2. The molecule has 1 aromatic rings. The summed E-state index contributed by atoms with van der Waals surface area (Å²) in [6, 6.07) is 10.2. The first-order valence-electron chi connectivity index (χ1n) is 5.56. The van der Waals surface area contributed by atoms with Gasteiger partial charge in [-0.3, -0.25) is 4.90 Å². The van der Waals surface area contributed by atoms with Gasteiger partial charge in [0, 0.05) is 19.6 Å². The third kappa shape index (κ3) is 1.55. The zero-order valence-electron chi connectivity index (χ0n) is 8.93. The Morgan fingerprint density at radius 2 is 2.12 bits per heavy atom. The maximum Gasteiger partial charge on any atom is 0.410 e. The van der Waals surface area contributed by atoms with Crippen LogP contribution in [0.15, 0.2) is 30.3 Å². The van der Waals surface area contributed by atoms with E-state index in [2.05, 4.69) is 5.32 Å². The first-order valence-corrected chi connectivity index (χ1v) is 5.56. The predicted octanol–water partition coefficient (Wildman–Crippen LogP) is 0.979. The Hall–Kier alpha value is -1.55. The molecule has 0 radical (unpaired) electrons. The summed E-state index contributed by atoms with van der Waals surface area (Å²) in [4.78, 5) is 13.5. The summed E-state index contributed by atoms with van der Waals surface area (Å²) in [6.07, 6.45) is -0.142. The molecule has 0 spiro atoms. The van der Waals surface area contributed by atoms with Crippen molar-refractivity contribution >= 4 is 6.09 Å². The number of hydrogen-bond donors (Lipinski definition) is 1. The molecular formula is C12H14N2O2.